The maximum absolute atomic E-state index is 12.4. The summed E-state index contributed by atoms with van der Waals surface area (Å²) in [5.41, 5.74) is 0.968. The zero-order valence-electron chi connectivity index (χ0n) is 14.4. The lowest BCUT2D eigenvalue weighted by Gasteiger charge is -2.19. The number of rotatable bonds is 8. The van der Waals surface area contributed by atoms with Gasteiger partial charge in [-0.2, -0.15) is 15.0 Å². The Morgan fingerprint density at radius 3 is 2.38 bits per heavy atom. The Labute approximate surface area is 151 Å². The van der Waals surface area contributed by atoms with Crippen LogP contribution in [-0.2, 0) is 11.3 Å². The minimum atomic E-state index is -0.266. The molecule has 0 fully saturated rings. The van der Waals surface area contributed by atoms with Gasteiger partial charge in [-0.05, 0) is 17.7 Å². The molecule has 1 aromatic heterocycles. The van der Waals surface area contributed by atoms with E-state index in [1.165, 1.54) is 0 Å². The van der Waals surface area contributed by atoms with Crippen LogP contribution in [0.15, 0.2) is 67.0 Å². The SMILES string of the molecule is COc1ccccc1OCC(=O)NC(Cn1nccn1)c1ccccc1. The molecule has 0 radical (unpaired) electrons. The van der Waals surface area contributed by atoms with Crippen molar-refractivity contribution in [3.63, 3.8) is 0 Å². The topological polar surface area (TPSA) is 78.3 Å². The van der Waals surface area contributed by atoms with E-state index < -0.39 is 0 Å². The van der Waals surface area contributed by atoms with Crippen LogP contribution in [0.4, 0.5) is 0 Å². The predicted octanol–water partition coefficient (Wildman–Crippen LogP) is 2.22. The fraction of sp³-hybridized carbons (Fsp3) is 0.211. The zero-order valence-corrected chi connectivity index (χ0v) is 14.4. The van der Waals surface area contributed by atoms with Crippen molar-refractivity contribution in [2.75, 3.05) is 13.7 Å². The van der Waals surface area contributed by atoms with Crippen LogP contribution in [0, 0.1) is 0 Å². The molecule has 26 heavy (non-hydrogen) atoms. The molecule has 0 aliphatic heterocycles. The second-order valence-electron chi connectivity index (χ2n) is 5.55. The summed E-state index contributed by atoms with van der Waals surface area (Å²) in [5.74, 6) is 0.868. The lowest BCUT2D eigenvalue weighted by Crippen LogP contribution is -2.35. The Hall–Kier alpha value is -3.35. The minimum absolute atomic E-state index is 0.115. The predicted molar refractivity (Wildman–Crippen MR) is 95.8 cm³/mol. The number of para-hydroxylation sites is 2. The van der Waals surface area contributed by atoms with E-state index in [9.17, 15) is 4.79 Å². The monoisotopic (exact) mass is 352 g/mol. The summed E-state index contributed by atoms with van der Waals surface area (Å²) in [6, 6.07) is 16.6. The number of ether oxygens (including phenoxy) is 2. The molecule has 3 aromatic rings. The van der Waals surface area contributed by atoms with Crippen LogP contribution in [0.25, 0.3) is 0 Å². The second kappa shape index (κ2) is 8.66. The Morgan fingerprint density at radius 1 is 1.04 bits per heavy atom. The van der Waals surface area contributed by atoms with E-state index >= 15 is 0 Å². The van der Waals surface area contributed by atoms with Crippen LogP contribution in [0.2, 0.25) is 0 Å². The van der Waals surface area contributed by atoms with Crippen molar-refractivity contribution >= 4 is 5.91 Å². The van der Waals surface area contributed by atoms with Crippen LogP contribution >= 0.6 is 0 Å². The molecule has 0 spiro atoms. The molecular weight excluding hydrogens is 332 g/mol. The van der Waals surface area contributed by atoms with Crippen molar-refractivity contribution in [2.45, 2.75) is 12.6 Å². The van der Waals surface area contributed by atoms with Gasteiger partial charge in [-0.15, -0.1) is 0 Å². The number of benzene rings is 2. The van der Waals surface area contributed by atoms with Gasteiger partial charge in [0.05, 0.1) is 32.1 Å². The number of aromatic nitrogens is 3. The Kier molecular flexibility index (Phi) is 5.82. The molecule has 1 amide bonds. The molecule has 0 aliphatic carbocycles. The molecule has 0 saturated heterocycles. The highest BCUT2D eigenvalue weighted by molar-refractivity contribution is 5.78. The Bertz CT molecular complexity index is 822. The van der Waals surface area contributed by atoms with Crippen LogP contribution in [0.5, 0.6) is 11.5 Å². The number of carbonyl (C=O) groups excluding carboxylic acids is 1. The van der Waals surface area contributed by atoms with E-state index in [-0.39, 0.29) is 18.6 Å². The molecule has 7 heteroatoms. The second-order valence-corrected chi connectivity index (χ2v) is 5.55. The van der Waals surface area contributed by atoms with Gasteiger partial charge < -0.3 is 14.8 Å². The summed E-state index contributed by atoms with van der Waals surface area (Å²) in [7, 11) is 1.56. The van der Waals surface area contributed by atoms with Crippen molar-refractivity contribution < 1.29 is 14.3 Å². The summed E-state index contributed by atoms with van der Waals surface area (Å²) >= 11 is 0. The lowest BCUT2D eigenvalue weighted by atomic mass is 10.1. The van der Waals surface area contributed by atoms with Gasteiger partial charge in [0.2, 0.25) is 0 Å². The average molecular weight is 352 g/mol. The van der Waals surface area contributed by atoms with Crippen molar-refractivity contribution in [1.82, 2.24) is 20.3 Å². The number of nitrogens with one attached hydrogen (secondary N) is 1. The van der Waals surface area contributed by atoms with Crippen LogP contribution in [0.3, 0.4) is 0 Å². The highest BCUT2D eigenvalue weighted by Crippen LogP contribution is 2.25. The van der Waals surface area contributed by atoms with Gasteiger partial charge in [-0.1, -0.05) is 42.5 Å². The third kappa shape index (κ3) is 4.60. The van der Waals surface area contributed by atoms with Gasteiger partial charge >= 0.3 is 0 Å². The van der Waals surface area contributed by atoms with E-state index in [2.05, 4.69) is 15.5 Å². The number of amides is 1. The normalized spacial score (nSPS) is 11.6. The smallest absolute Gasteiger partial charge is 0.258 e. The number of hydrogen-bond acceptors (Lipinski definition) is 5. The van der Waals surface area contributed by atoms with Crippen LogP contribution in [0.1, 0.15) is 11.6 Å². The molecule has 7 nitrogen and oxygen atoms in total. The van der Waals surface area contributed by atoms with Crippen molar-refractivity contribution in [3.05, 3.63) is 72.6 Å². The van der Waals surface area contributed by atoms with Gasteiger partial charge in [0.25, 0.3) is 5.91 Å². The Morgan fingerprint density at radius 2 is 1.69 bits per heavy atom. The highest BCUT2D eigenvalue weighted by atomic mass is 16.5. The molecule has 0 saturated carbocycles. The molecule has 2 aromatic carbocycles. The summed E-state index contributed by atoms with van der Waals surface area (Å²) in [4.78, 5) is 13.9. The van der Waals surface area contributed by atoms with Crippen molar-refractivity contribution in [1.29, 1.82) is 0 Å². The Balaban J connectivity index is 1.65. The summed E-state index contributed by atoms with van der Waals surface area (Å²) in [6.45, 7) is 0.313. The number of hydrogen-bond donors (Lipinski definition) is 1. The molecule has 1 unspecified atom stereocenters. The first-order valence-corrected chi connectivity index (χ1v) is 8.20. The van der Waals surface area contributed by atoms with E-state index in [0.717, 1.165) is 5.56 Å². The fourth-order valence-corrected chi connectivity index (χ4v) is 2.54. The van der Waals surface area contributed by atoms with Crippen LogP contribution in [-0.4, -0.2) is 34.6 Å². The molecule has 0 aliphatic rings. The quantitative estimate of drug-likeness (QED) is 0.673. The van der Waals surface area contributed by atoms with E-state index in [0.29, 0.717) is 18.0 Å². The molecule has 1 N–H and O–H groups in total. The van der Waals surface area contributed by atoms with Gasteiger partial charge in [-0.3, -0.25) is 4.79 Å². The highest BCUT2D eigenvalue weighted by Gasteiger charge is 2.17. The van der Waals surface area contributed by atoms with Crippen LogP contribution < -0.4 is 14.8 Å². The van der Waals surface area contributed by atoms with Crippen molar-refractivity contribution in [3.8, 4) is 11.5 Å². The molecule has 1 atom stereocenters. The molecule has 1 heterocycles. The van der Waals surface area contributed by atoms with Gasteiger partial charge in [-0.25, -0.2) is 0 Å². The van der Waals surface area contributed by atoms with Gasteiger partial charge in [0.1, 0.15) is 0 Å². The fourth-order valence-electron chi connectivity index (χ4n) is 2.54. The largest absolute Gasteiger partial charge is 0.493 e. The summed E-state index contributed by atoms with van der Waals surface area (Å²) in [6.07, 6.45) is 3.21. The standard InChI is InChI=1S/C19H20N4O3/c1-25-17-9-5-6-10-18(17)26-14-19(24)22-16(13-23-20-11-12-21-23)15-7-3-2-4-8-15/h2-12,16H,13-14H2,1H3,(H,22,24). The summed E-state index contributed by atoms with van der Waals surface area (Å²) < 4.78 is 10.8. The number of nitrogens with zero attached hydrogens (tertiary/aromatic N) is 3. The average Bonchev–Trinajstić information content (AvgIpc) is 3.20. The maximum atomic E-state index is 12.4. The first-order chi connectivity index (χ1) is 12.8. The third-order valence-electron chi connectivity index (χ3n) is 3.78. The third-order valence-corrected chi connectivity index (χ3v) is 3.78. The molecule has 3 rings (SSSR count). The number of carbonyl (C=O) groups is 1. The van der Waals surface area contributed by atoms with Crippen molar-refractivity contribution in [2.24, 2.45) is 0 Å². The van der Waals surface area contributed by atoms with E-state index in [1.54, 1.807) is 36.4 Å². The van der Waals surface area contributed by atoms with Gasteiger partial charge in [0, 0.05) is 0 Å². The molecule has 0 bridgehead atoms. The minimum Gasteiger partial charge on any atom is -0.493 e. The molecule has 134 valence electrons. The number of methoxy groups -OCH3 is 1. The first-order valence-electron chi connectivity index (χ1n) is 8.20. The zero-order chi connectivity index (χ0) is 18.2. The van der Waals surface area contributed by atoms with Gasteiger partial charge in [0.15, 0.2) is 18.1 Å². The van der Waals surface area contributed by atoms with E-state index in [1.807, 2.05) is 42.5 Å². The van der Waals surface area contributed by atoms with E-state index in [4.69, 9.17) is 9.47 Å². The first kappa shape index (κ1) is 17.5. The lowest BCUT2D eigenvalue weighted by molar-refractivity contribution is -0.124. The maximum Gasteiger partial charge on any atom is 0.258 e. The molecular formula is C19H20N4O3. The summed E-state index contributed by atoms with van der Waals surface area (Å²) in [5, 5.41) is 11.2.